The summed E-state index contributed by atoms with van der Waals surface area (Å²) >= 11 is 0. The summed E-state index contributed by atoms with van der Waals surface area (Å²) in [5.41, 5.74) is 3.59. The van der Waals surface area contributed by atoms with Gasteiger partial charge in [0.2, 0.25) is 0 Å². The third kappa shape index (κ3) is 6.06. The molecule has 0 aliphatic carbocycles. The van der Waals surface area contributed by atoms with Gasteiger partial charge in [-0.3, -0.25) is 0 Å². The van der Waals surface area contributed by atoms with Crippen molar-refractivity contribution in [3.63, 3.8) is 0 Å². The summed E-state index contributed by atoms with van der Waals surface area (Å²) in [7, 11) is 0. The van der Waals surface area contributed by atoms with Crippen LogP contribution in [0.25, 0.3) is 22.4 Å². The van der Waals surface area contributed by atoms with Gasteiger partial charge >= 0.3 is 12.0 Å². The molecule has 0 bridgehead atoms. The number of para-hydroxylation sites is 1. The minimum absolute atomic E-state index is 0.222. The average Bonchev–Trinajstić information content (AvgIpc) is 3.00. The molecule has 0 aliphatic heterocycles. The molecule has 4 aromatic carbocycles. The van der Waals surface area contributed by atoms with Crippen molar-refractivity contribution in [2.45, 2.75) is 0 Å². The van der Waals surface area contributed by atoms with Crippen LogP contribution in [-0.2, 0) is 0 Å². The van der Waals surface area contributed by atoms with Gasteiger partial charge in [0.15, 0.2) is 0 Å². The Morgan fingerprint density at radius 2 is 0.897 bits per heavy atom. The Balaban J connectivity index is 1.09. The summed E-state index contributed by atoms with van der Waals surface area (Å²) < 4.78 is 17.5. The smallest absolute Gasteiger partial charge is 0.322 e. The topological polar surface area (TPSA) is 79.2 Å². The van der Waals surface area contributed by atoms with Crippen LogP contribution < -0.4 is 14.2 Å². The van der Waals surface area contributed by atoms with Gasteiger partial charge in [-0.15, -0.1) is 0 Å². The molecule has 7 heteroatoms. The van der Waals surface area contributed by atoms with Crippen LogP contribution in [0.2, 0.25) is 0 Å². The number of hydrogen-bond acceptors (Lipinski definition) is 7. The zero-order valence-corrected chi connectivity index (χ0v) is 20.7. The van der Waals surface area contributed by atoms with E-state index in [1.54, 1.807) is 36.8 Å². The molecule has 39 heavy (non-hydrogen) atoms. The predicted molar refractivity (Wildman–Crippen MR) is 148 cm³/mol. The van der Waals surface area contributed by atoms with E-state index in [2.05, 4.69) is 32.1 Å². The van der Waals surface area contributed by atoms with Gasteiger partial charge in [0.05, 0.1) is 5.69 Å². The van der Waals surface area contributed by atoms with Crippen LogP contribution in [0.1, 0.15) is 0 Å². The third-order valence-electron chi connectivity index (χ3n) is 5.74. The molecule has 6 aromatic rings. The molecule has 6 rings (SSSR count). The highest BCUT2D eigenvalue weighted by Gasteiger charge is 2.08. The lowest BCUT2D eigenvalue weighted by atomic mass is 10.1. The third-order valence-corrected chi connectivity index (χ3v) is 5.74. The molecule has 188 valence electrons. The second-order valence-electron chi connectivity index (χ2n) is 8.46. The summed E-state index contributed by atoms with van der Waals surface area (Å²) in [6, 6.07) is 37.0. The molecule has 0 amide bonds. The van der Waals surface area contributed by atoms with E-state index >= 15 is 0 Å². The molecule has 0 unspecified atom stereocenters. The van der Waals surface area contributed by atoms with Crippen molar-refractivity contribution in [3.05, 3.63) is 134 Å². The van der Waals surface area contributed by atoms with Gasteiger partial charge in [-0.05, 0) is 65.7 Å². The highest BCUT2D eigenvalue weighted by molar-refractivity contribution is 5.64. The van der Waals surface area contributed by atoms with E-state index in [4.69, 9.17) is 14.2 Å². The first-order valence-electron chi connectivity index (χ1n) is 12.3. The van der Waals surface area contributed by atoms with Gasteiger partial charge in [0.25, 0.3) is 0 Å². The zero-order valence-electron chi connectivity index (χ0n) is 20.7. The normalized spacial score (nSPS) is 10.6. The SMILES string of the molecule is c1ccc(Oc2ccc(Oc3ncc(-c4ccnc(Oc5ccc(-c6ccccc6)cc5)n4)cn3)cc2)cc1. The molecular formula is C32H22N4O3. The van der Waals surface area contributed by atoms with Crippen LogP contribution in [-0.4, -0.2) is 19.9 Å². The number of rotatable bonds is 8. The Hall–Kier alpha value is -5.56. The van der Waals surface area contributed by atoms with Crippen molar-refractivity contribution in [3.8, 4) is 57.4 Å². The highest BCUT2D eigenvalue weighted by atomic mass is 16.5. The van der Waals surface area contributed by atoms with Crippen molar-refractivity contribution in [2.24, 2.45) is 0 Å². The largest absolute Gasteiger partial charge is 0.457 e. The molecule has 0 saturated carbocycles. The van der Waals surface area contributed by atoms with E-state index in [0.717, 1.165) is 16.9 Å². The number of hydrogen-bond donors (Lipinski definition) is 0. The Bertz CT molecular complexity index is 1640. The van der Waals surface area contributed by atoms with Crippen LogP contribution >= 0.6 is 0 Å². The second kappa shape index (κ2) is 11.2. The van der Waals surface area contributed by atoms with Gasteiger partial charge in [-0.2, -0.15) is 4.98 Å². The van der Waals surface area contributed by atoms with Crippen LogP contribution in [0.4, 0.5) is 0 Å². The van der Waals surface area contributed by atoms with Crippen molar-refractivity contribution in [2.75, 3.05) is 0 Å². The Morgan fingerprint density at radius 3 is 1.56 bits per heavy atom. The first-order valence-corrected chi connectivity index (χ1v) is 12.3. The minimum atomic E-state index is 0.222. The Labute approximate surface area is 225 Å². The standard InChI is InChI=1S/C32H22N4O3/c1-3-7-23(8-4-1)24-11-13-28(14-12-24)39-32-33-20-19-30(36-32)25-21-34-31(35-22-25)38-29-17-15-27(16-18-29)37-26-9-5-2-6-10-26/h1-22H. The van der Waals surface area contributed by atoms with Gasteiger partial charge < -0.3 is 14.2 Å². The molecule has 0 spiro atoms. The number of aromatic nitrogens is 4. The number of ether oxygens (including phenoxy) is 3. The maximum absolute atomic E-state index is 5.88. The lowest BCUT2D eigenvalue weighted by molar-refractivity contribution is 0.438. The molecular weight excluding hydrogens is 488 g/mol. The van der Waals surface area contributed by atoms with E-state index in [-0.39, 0.29) is 12.0 Å². The summed E-state index contributed by atoms with van der Waals surface area (Å²) in [6.07, 6.45) is 4.94. The fourth-order valence-electron chi connectivity index (χ4n) is 3.81. The van der Waals surface area contributed by atoms with Gasteiger partial charge in [0, 0.05) is 24.2 Å². The van der Waals surface area contributed by atoms with E-state index in [1.807, 2.05) is 84.9 Å². The summed E-state index contributed by atoms with van der Waals surface area (Å²) in [6.45, 7) is 0. The van der Waals surface area contributed by atoms with Crippen LogP contribution in [0.15, 0.2) is 134 Å². The molecule has 0 N–H and O–H groups in total. The van der Waals surface area contributed by atoms with Crippen LogP contribution in [0, 0.1) is 0 Å². The lowest BCUT2D eigenvalue weighted by Crippen LogP contribution is -1.96. The number of benzene rings is 4. The van der Waals surface area contributed by atoms with E-state index < -0.39 is 0 Å². The van der Waals surface area contributed by atoms with Crippen molar-refractivity contribution < 1.29 is 14.2 Å². The molecule has 2 heterocycles. The molecule has 0 fully saturated rings. The maximum atomic E-state index is 5.88. The predicted octanol–water partition coefficient (Wildman–Crippen LogP) is 7.98. The van der Waals surface area contributed by atoms with Gasteiger partial charge in [-0.25, -0.2) is 15.0 Å². The van der Waals surface area contributed by atoms with Gasteiger partial charge in [-0.1, -0.05) is 60.7 Å². The lowest BCUT2D eigenvalue weighted by Gasteiger charge is -2.08. The first kappa shape index (κ1) is 23.8. The molecule has 0 atom stereocenters. The number of nitrogens with zero attached hydrogens (tertiary/aromatic N) is 4. The van der Waals surface area contributed by atoms with E-state index in [1.165, 1.54) is 0 Å². The summed E-state index contributed by atoms with van der Waals surface area (Å²) in [5.74, 6) is 2.72. The monoisotopic (exact) mass is 510 g/mol. The Kier molecular flexibility index (Phi) is 6.86. The van der Waals surface area contributed by atoms with Crippen molar-refractivity contribution in [1.82, 2.24) is 19.9 Å². The molecule has 7 nitrogen and oxygen atoms in total. The quantitative estimate of drug-likeness (QED) is 0.205. The second-order valence-corrected chi connectivity index (χ2v) is 8.46. The summed E-state index contributed by atoms with van der Waals surface area (Å²) in [5, 5.41) is 0. The average molecular weight is 511 g/mol. The van der Waals surface area contributed by atoms with Gasteiger partial charge in [0.1, 0.15) is 23.0 Å². The maximum Gasteiger partial charge on any atom is 0.322 e. The fourth-order valence-corrected chi connectivity index (χ4v) is 3.81. The van der Waals surface area contributed by atoms with E-state index in [9.17, 15) is 0 Å². The summed E-state index contributed by atoms with van der Waals surface area (Å²) in [4.78, 5) is 17.4. The molecule has 2 aromatic heterocycles. The first-order chi connectivity index (χ1) is 19.3. The fraction of sp³-hybridized carbons (Fsp3) is 0. The highest BCUT2D eigenvalue weighted by Crippen LogP contribution is 2.27. The molecule has 0 saturated heterocycles. The van der Waals surface area contributed by atoms with Crippen LogP contribution in [0.5, 0.6) is 35.0 Å². The van der Waals surface area contributed by atoms with Crippen molar-refractivity contribution in [1.29, 1.82) is 0 Å². The Morgan fingerprint density at radius 1 is 0.385 bits per heavy atom. The minimum Gasteiger partial charge on any atom is -0.457 e. The van der Waals surface area contributed by atoms with Crippen molar-refractivity contribution >= 4 is 0 Å². The zero-order chi connectivity index (χ0) is 26.3. The van der Waals surface area contributed by atoms with Crippen LogP contribution in [0.3, 0.4) is 0 Å². The molecule has 0 aliphatic rings. The van der Waals surface area contributed by atoms with E-state index in [0.29, 0.717) is 28.5 Å². The molecule has 0 radical (unpaired) electrons.